The topological polar surface area (TPSA) is 34.1 Å². The summed E-state index contributed by atoms with van der Waals surface area (Å²) in [5.74, 6) is 1.64. The zero-order valence-electron chi connectivity index (χ0n) is 9.92. The summed E-state index contributed by atoms with van der Waals surface area (Å²) in [6, 6.07) is 0. The highest BCUT2D eigenvalue weighted by atomic mass is 16.1. The molecule has 0 heterocycles. The molecule has 2 aliphatic carbocycles. The van der Waals surface area contributed by atoms with Gasteiger partial charge in [0.1, 0.15) is 11.6 Å². The van der Waals surface area contributed by atoms with Crippen LogP contribution in [0.4, 0.5) is 0 Å². The molecule has 2 saturated carbocycles. The first-order chi connectivity index (χ1) is 7.11. The van der Waals surface area contributed by atoms with Crippen molar-refractivity contribution in [2.75, 3.05) is 0 Å². The fraction of sp³-hybridized carbons (Fsp3) is 0.846. The first kappa shape index (κ1) is 12.4. The average molecular weight is 210 g/mol. The van der Waals surface area contributed by atoms with E-state index in [0.29, 0.717) is 23.4 Å². The van der Waals surface area contributed by atoms with Crippen molar-refractivity contribution < 1.29 is 9.59 Å². The Labute approximate surface area is 92.4 Å². The predicted molar refractivity (Wildman–Crippen MR) is 60.7 cm³/mol. The molecule has 2 fully saturated rings. The predicted octanol–water partition coefficient (Wildman–Crippen LogP) is 3.14. The Bertz CT molecular complexity index is 223. The minimum absolute atomic E-state index is 0.381. The molecule has 0 N–H and O–H groups in total. The third-order valence-corrected chi connectivity index (χ3v) is 3.61. The zero-order chi connectivity index (χ0) is 11.3. The van der Waals surface area contributed by atoms with Crippen LogP contribution in [0.3, 0.4) is 0 Å². The second kappa shape index (κ2) is 6.04. The number of Topliss-reactive ketones (excluding diaryl/α,β-unsaturated/α-hetero) is 2. The van der Waals surface area contributed by atoms with Crippen molar-refractivity contribution in [1.82, 2.24) is 0 Å². The Balaban J connectivity index is 0.000000151. The highest BCUT2D eigenvalue weighted by molar-refractivity contribution is 5.79. The van der Waals surface area contributed by atoms with Gasteiger partial charge in [0, 0.05) is 11.8 Å². The van der Waals surface area contributed by atoms with E-state index in [2.05, 4.69) is 0 Å². The largest absolute Gasteiger partial charge is 0.300 e. The summed E-state index contributed by atoms with van der Waals surface area (Å²) in [4.78, 5) is 21.1. The maximum absolute atomic E-state index is 10.6. The molecule has 0 aromatic heterocycles. The molecule has 2 rings (SSSR count). The SMILES string of the molecule is CC(=O)C1CCC1.CC(=O)C1CCCC1. The van der Waals surface area contributed by atoms with Crippen LogP contribution in [0.5, 0.6) is 0 Å². The van der Waals surface area contributed by atoms with Gasteiger partial charge in [-0.25, -0.2) is 0 Å². The molecule has 0 bridgehead atoms. The maximum Gasteiger partial charge on any atom is 0.132 e. The lowest BCUT2D eigenvalue weighted by atomic mass is 9.83. The number of hydrogen-bond donors (Lipinski definition) is 0. The average Bonchev–Trinajstić information content (AvgIpc) is 2.51. The monoisotopic (exact) mass is 210 g/mol. The maximum atomic E-state index is 10.6. The molecule has 15 heavy (non-hydrogen) atoms. The van der Waals surface area contributed by atoms with Crippen LogP contribution in [0.15, 0.2) is 0 Å². The molecule has 2 nitrogen and oxygen atoms in total. The van der Waals surface area contributed by atoms with Crippen LogP contribution < -0.4 is 0 Å². The van der Waals surface area contributed by atoms with E-state index in [0.717, 1.165) is 25.7 Å². The number of rotatable bonds is 2. The van der Waals surface area contributed by atoms with E-state index in [1.165, 1.54) is 19.3 Å². The van der Waals surface area contributed by atoms with Gasteiger partial charge < -0.3 is 0 Å². The quantitative estimate of drug-likeness (QED) is 0.701. The normalized spacial score (nSPS) is 21.5. The molecule has 0 saturated heterocycles. The molecule has 0 aromatic rings. The van der Waals surface area contributed by atoms with Crippen molar-refractivity contribution in [1.29, 1.82) is 0 Å². The summed E-state index contributed by atoms with van der Waals surface area (Å²) in [6.45, 7) is 3.39. The van der Waals surface area contributed by atoms with Crippen molar-refractivity contribution in [3.63, 3.8) is 0 Å². The smallest absolute Gasteiger partial charge is 0.132 e. The zero-order valence-corrected chi connectivity index (χ0v) is 9.92. The lowest BCUT2D eigenvalue weighted by Gasteiger charge is -2.21. The van der Waals surface area contributed by atoms with Gasteiger partial charge in [0.25, 0.3) is 0 Å². The molecule has 0 radical (unpaired) electrons. The van der Waals surface area contributed by atoms with Crippen LogP contribution in [0.25, 0.3) is 0 Å². The molecule has 86 valence electrons. The highest BCUT2D eigenvalue weighted by Crippen LogP contribution is 2.26. The van der Waals surface area contributed by atoms with Gasteiger partial charge in [0.2, 0.25) is 0 Å². The highest BCUT2D eigenvalue weighted by Gasteiger charge is 2.20. The minimum atomic E-state index is 0.381. The third-order valence-electron chi connectivity index (χ3n) is 3.61. The molecular formula is C13H22O2. The lowest BCUT2D eigenvalue weighted by molar-refractivity contribution is -0.123. The first-order valence-electron chi connectivity index (χ1n) is 6.12. The van der Waals surface area contributed by atoms with Crippen LogP contribution in [0.2, 0.25) is 0 Å². The van der Waals surface area contributed by atoms with Gasteiger partial charge in [0.05, 0.1) is 0 Å². The van der Waals surface area contributed by atoms with Gasteiger partial charge in [-0.05, 0) is 39.5 Å². The van der Waals surface area contributed by atoms with Crippen LogP contribution >= 0.6 is 0 Å². The fourth-order valence-corrected chi connectivity index (χ4v) is 2.15. The number of carbonyl (C=O) groups excluding carboxylic acids is 2. The van der Waals surface area contributed by atoms with Crippen molar-refractivity contribution >= 4 is 11.6 Å². The van der Waals surface area contributed by atoms with Crippen molar-refractivity contribution in [3.8, 4) is 0 Å². The Hall–Kier alpha value is -0.660. The van der Waals surface area contributed by atoms with Gasteiger partial charge >= 0.3 is 0 Å². The van der Waals surface area contributed by atoms with E-state index in [1.54, 1.807) is 13.8 Å². The number of ketones is 2. The van der Waals surface area contributed by atoms with Gasteiger partial charge in [-0.15, -0.1) is 0 Å². The molecule has 0 spiro atoms. The molecule has 0 unspecified atom stereocenters. The van der Waals surface area contributed by atoms with E-state index < -0.39 is 0 Å². The first-order valence-corrected chi connectivity index (χ1v) is 6.12. The van der Waals surface area contributed by atoms with Crippen LogP contribution in [0, 0.1) is 11.8 Å². The van der Waals surface area contributed by atoms with E-state index in [1.807, 2.05) is 0 Å². The van der Waals surface area contributed by atoms with E-state index in [4.69, 9.17) is 0 Å². The summed E-state index contributed by atoms with van der Waals surface area (Å²) in [7, 11) is 0. The van der Waals surface area contributed by atoms with E-state index in [-0.39, 0.29) is 0 Å². The standard InChI is InChI=1S/C7H12O.C6H10O/c1-6(8)7-4-2-3-5-7;1-5(7)6-3-2-4-6/h7H,2-5H2,1H3;6H,2-4H2,1H3. The Morgan fingerprint density at radius 3 is 1.20 bits per heavy atom. The Morgan fingerprint density at radius 2 is 1.07 bits per heavy atom. The van der Waals surface area contributed by atoms with Gasteiger partial charge in [0.15, 0.2) is 0 Å². The summed E-state index contributed by atoms with van der Waals surface area (Å²) < 4.78 is 0. The van der Waals surface area contributed by atoms with Crippen LogP contribution in [-0.4, -0.2) is 11.6 Å². The summed E-state index contributed by atoms with van der Waals surface area (Å²) in [5.41, 5.74) is 0. The second-order valence-corrected chi connectivity index (χ2v) is 4.83. The molecular weight excluding hydrogens is 188 g/mol. The third kappa shape index (κ3) is 4.15. The minimum Gasteiger partial charge on any atom is -0.300 e. The Kier molecular flexibility index (Phi) is 5.00. The van der Waals surface area contributed by atoms with E-state index in [9.17, 15) is 9.59 Å². The van der Waals surface area contributed by atoms with Gasteiger partial charge in [-0.2, -0.15) is 0 Å². The van der Waals surface area contributed by atoms with Gasteiger partial charge in [-0.1, -0.05) is 19.3 Å². The molecule has 0 aromatic carbocycles. The molecule has 0 atom stereocenters. The fourth-order valence-electron chi connectivity index (χ4n) is 2.15. The number of carbonyl (C=O) groups is 2. The van der Waals surface area contributed by atoms with Crippen molar-refractivity contribution in [2.45, 2.75) is 58.8 Å². The molecule has 2 heteroatoms. The molecule has 0 amide bonds. The summed E-state index contributed by atoms with van der Waals surface area (Å²) >= 11 is 0. The number of hydrogen-bond acceptors (Lipinski definition) is 2. The van der Waals surface area contributed by atoms with Gasteiger partial charge in [-0.3, -0.25) is 9.59 Å². The van der Waals surface area contributed by atoms with Crippen LogP contribution in [0.1, 0.15) is 58.8 Å². The molecule has 2 aliphatic rings. The Morgan fingerprint density at radius 1 is 0.733 bits per heavy atom. The second-order valence-electron chi connectivity index (χ2n) is 4.83. The van der Waals surface area contributed by atoms with Crippen LogP contribution in [-0.2, 0) is 9.59 Å². The van der Waals surface area contributed by atoms with Crippen molar-refractivity contribution in [2.24, 2.45) is 11.8 Å². The summed E-state index contributed by atoms with van der Waals surface area (Å²) in [5, 5.41) is 0. The summed E-state index contributed by atoms with van der Waals surface area (Å²) in [6.07, 6.45) is 8.40. The molecule has 0 aliphatic heterocycles. The lowest BCUT2D eigenvalue weighted by Crippen LogP contribution is -2.18. The van der Waals surface area contributed by atoms with Crippen molar-refractivity contribution in [3.05, 3.63) is 0 Å². The van der Waals surface area contributed by atoms with E-state index >= 15 is 0 Å².